The fourth-order valence-corrected chi connectivity index (χ4v) is 2.24. The Morgan fingerprint density at radius 1 is 1.28 bits per heavy atom. The first kappa shape index (κ1) is 14.7. The summed E-state index contributed by atoms with van der Waals surface area (Å²) in [7, 11) is -1.79. The third-order valence-electron chi connectivity index (χ3n) is 1.97. The maximum Gasteiger partial charge on any atom is 0.387 e. The van der Waals surface area contributed by atoms with Crippen LogP contribution < -0.4 is 14.8 Å². The van der Waals surface area contributed by atoms with Crippen LogP contribution >= 0.6 is 0 Å². The Labute approximate surface area is 104 Å². The number of hydrogen-bond acceptors (Lipinski definition) is 4. The lowest BCUT2D eigenvalue weighted by atomic mass is 10.3. The van der Waals surface area contributed by atoms with Gasteiger partial charge in [0.05, 0.1) is 5.75 Å². The summed E-state index contributed by atoms with van der Waals surface area (Å²) in [5, 5.41) is 2.72. The van der Waals surface area contributed by atoms with Crippen molar-refractivity contribution in [3.05, 3.63) is 24.3 Å². The first-order valence-corrected chi connectivity index (χ1v) is 6.78. The number of anilines is 1. The van der Waals surface area contributed by atoms with Gasteiger partial charge in [0.25, 0.3) is 0 Å². The molecule has 0 aliphatic heterocycles. The van der Waals surface area contributed by atoms with Crippen LogP contribution in [0, 0.1) is 0 Å². The molecule has 8 heteroatoms. The summed E-state index contributed by atoms with van der Waals surface area (Å²) in [6.45, 7) is -2.58. The zero-order valence-corrected chi connectivity index (χ0v) is 10.5. The lowest BCUT2D eigenvalue weighted by molar-refractivity contribution is -0.0498. The maximum absolute atomic E-state index is 11.9. The molecule has 0 amide bonds. The summed E-state index contributed by atoms with van der Waals surface area (Å²) in [5.41, 5.74) is 0.299. The first-order chi connectivity index (χ1) is 8.43. The molecule has 0 saturated heterocycles. The highest BCUT2D eigenvalue weighted by Crippen LogP contribution is 2.18. The molecule has 0 saturated carbocycles. The quantitative estimate of drug-likeness (QED) is 0.789. The number of sulfonamides is 1. The van der Waals surface area contributed by atoms with E-state index in [2.05, 4.69) is 14.8 Å². The summed E-state index contributed by atoms with van der Waals surface area (Å²) < 4.78 is 53.3. The Balaban J connectivity index is 2.63. The highest BCUT2D eigenvalue weighted by molar-refractivity contribution is 7.92. The molecule has 0 bridgehead atoms. The van der Waals surface area contributed by atoms with Crippen LogP contribution in [0.15, 0.2) is 24.3 Å². The normalized spacial score (nSPS) is 11.6. The minimum atomic E-state index is -3.43. The van der Waals surface area contributed by atoms with Crippen LogP contribution in [-0.4, -0.2) is 34.4 Å². The van der Waals surface area contributed by atoms with Gasteiger partial charge in [-0.25, -0.2) is 8.42 Å². The number of ether oxygens (including phenoxy) is 1. The zero-order chi connectivity index (χ0) is 13.6. The summed E-state index contributed by atoms with van der Waals surface area (Å²) in [6, 6.07) is 5.24. The van der Waals surface area contributed by atoms with E-state index in [1.165, 1.54) is 24.3 Å². The molecule has 5 nitrogen and oxygen atoms in total. The molecule has 1 rings (SSSR count). The van der Waals surface area contributed by atoms with E-state index in [-0.39, 0.29) is 11.5 Å². The molecular weight excluding hydrogens is 266 g/mol. The molecule has 0 spiro atoms. The highest BCUT2D eigenvalue weighted by Gasteiger charge is 2.10. The van der Waals surface area contributed by atoms with Crippen molar-refractivity contribution in [2.45, 2.75) is 6.61 Å². The standard InChI is InChI=1S/C10H14F2N2O3S/c1-13-6-7-18(15,16)14-8-2-4-9(5-3-8)17-10(11)12/h2-5,10,13-14H,6-7H2,1H3. The van der Waals surface area contributed by atoms with E-state index < -0.39 is 16.6 Å². The maximum atomic E-state index is 11.9. The number of nitrogens with one attached hydrogen (secondary N) is 2. The molecule has 0 atom stereocenters. The molecule has 0 aliphatic rings. The third-order valence-corrected chi connectivity index (χ3v) is 3.26. The monoisotopic (exact) mass is 280 g/mol. The predicted octanol–water partition coefficient (Wildman–Crippen LogP) is 1.25. The van der Waals surface area contributed by atoms with Crippen LogP contribution in [0.25, 0.3) is 0 Å². The third kappa shape index (κ3) is 5.28. The smallest absolute Gasteiger partial charge is 0.387 e. The summed E-state index contributed by atoms with van der Waals surface area (Å²) in [6.07, 6.45) is 0. The van der Waals surface area contributed by atoms with Gasteiger partial charge in [-0.2, -0.15) is 8.78 Å². The van der Waals surface area contributed by atoms with Crippen molar-refractivity contribution in [2.75, 3.05) is 24.1 Å². The average molecular weight is 280 g/mol. The van der Waals surface area contributed by atoms with E-state index in [1.807, 2.05) is 0 Å². The van der Waals surface area contributed by atoms with E-state index >= 15 is 0 Å². The minimum absolute atomic E-state index is 0.0248. The van der Waals surface area contributed by atoms with Gasteiger partial charge in [-0.1, -0.05) is 0 Å². The lowest BCUT2D eigenvalue weighted by Gasteiger charge is -2.09. The van der Waals surface area contributed by atoms with Crippen molar-refractivity contribution in [1.82, 2.24) is 5.32 Å². The predicted molar refractivity (Wildman–Crippen MR) is 64.4 cm³/mol. The summed E-state index contributed by atoms with van der Waals surface area (Å²) >= 11 is 0. The first-order valence-electron chi connectivity index (χ1n) is 5.13. The van der Waals surface area contributed by atoms with Gasteiger partial charge in [0.1, 0.15) is 5.75 Å². The van der Waals surface area contributed by atoms with Crippen LogP contribution in [0.3, 0.4) is 0 Å². The van der Waals surface area contributed by atoms with Crippen molar-refractivity contribution in [1.29, 1.82) is 0 Å². The number of rotatable bonds is 7. The van der Waals surface area contributed by atoms with Gasteiger partial charge in [-0.3, -0.25) is 4.72 Å². The Bertz CT molecular complexity index is 463. The molecular formula is C10H14F2N2O3S. The van der Waals surface area contributed by atoms with Crippen LogP contribution in [0.5, 0.6) is 5.75 Å². The largest absolute Gasteiger partial charge is 0.435 e. The van der Waals surface area contributed by atoms with Gasteiger partial charge in [0, 0.05) is 12.2 Å². The molecule has 18 heavy (non-hydrogen) atoms. The van der Waals surface area contributed by atoms with Crippen LogP contribution in [0.1, 0.15) is 0 Å². The Kier molecular flexibility index (Phi) is 5.29. The molecule has 2 N–H and O–H groups in total. The Hall–Kier alpha value is -1.41. The second kappa shape index (κ2) is 6.50. The van der Waals surface area contributed by atoms with Gasteiger partial charge in [-0.05, 0) is 31.3 Å². The molecule has 0 heterocycles. The summed E-state index contributed by atoms with van der Waals surface area (Å²) in [4.78, 5) is 0. The number of halogens is 2. The van der Waals surface area contributed by atoms with Crippen LogP contribution in [-0.2, 0) is 10.0 Å². The van der Waals surface area contributed by atoms with Crippen LogP contribution in [0.2, 0.25) is 0 Å². The van der Waals surface area contributed by atoms with Gasteiger partial charge in [0.2, 0.25) is 10.0 Å². The Morgan fingerprint density at radius 2 is 1.89 bits per heavy atom. The van der Waals surface area contributed by atoms with Gasteiger partial charge >= 0.3 is 6.61 Å². The topological polar surface area (TPSA) is 67.4 Å². The van der Waals surface area contributed by atoms with Crippen molar-refractivity contribution in [3.63, 3.8) is 0 Å². The van der Waals surface area contributed by atoms with Crippen LogP contribution in [0.4, 0.5) is 14.5 Å². The molecule has 0 aromatic heterocycles. The lowest BCUT2D eigenvalue weighted by Crippen LogP contribution is -2.24. The van der Waals surface area contributed by atoms with Gasteiger partial charge in [0.15, 0.2) is 0 Å². The zero-order valence-electron chi connectivity index (χ0n) is 9.69. The summed E-state index contributed by atoms with van der Waals surface area (Å²) in [5.74, 6) is -0.0955. The van der Waals surface area contributed by atoms with Gasteiger partial charge in [-0.15, -0.1) is 0 Å². The second-order valence-corrected chi connectivity index (χ2v) is 5.27. The van der Waals surface area contributed by atoms with E-state index in [1.54, 1.807) is 7.05 Å². The number of benzene rings is 1. The molecule has 102 valence electrons. The molecule has 0 fully saturated rings. The fraction of sp³-hybridized carbons (Fsp3) is 0.400. The van der Waals surface area contributed by atoms with E-state index in [4.69, 9.17) is 0 Å². The van der Waals surface area contributed by atoms with E-state index in [0.29, 0.717) is 12.2 Å². The molecule has 0 aliphatic carbocycles. The van der Waals surface area contributed by atoms with Gasteiger partial charge < -0.3 is 10.1 Å². The van der Waals surface area contributed by atoms with E-state index in [0.717, 1.165) is 0 Å². The highest BCUT2D eigenvalue weighted by atomic mass is 32.2. The Morgan fingerprint density at radius 3 is 2.39 bits per heavy atom. The SMILES string of the molecule is CNCCS(=O)(=O)Nc1ccc(OC(F)F)cc1. The van der Waals surface area contributed by atoms with Crippen molar-refractivity contribution < 1.29 is 21.9 Å². The fourth-order valence-electron chi connectivity index (χ4n) is 1.17. The molecule has 0 radical (unpaired) electrons. The van der Waals surface area contributed by atoms with Crippen molar-refractivity contribution in [2.24, 2.45) is 0 Å². The number of hydrogen-bond donors (Lipinski definition) is 2. The average Bonchev–Trinajstić information content (AvgIpc) is 2.28. The van der Waals surface area contributed by atoms with Crippen molar-refractivity contribution in [3.8, 4) is 5.75 Å². The van der Waals surface area contributed by atoms with Crippen molar-refractivity contribution >= 4 is 15.7 Å². The minimum Gasteiger partial charge on any atom is -0.435 e. The second-order valence-electron chi connectivity index (χ2n) is 3.43. The van der Waals surface area contributed by atoms with E-state index in [9.17, 15) is 17.2 Å². The molecule has 1 aromatic carbocycles. The molecule has 0 unspecified atom stereocenters. The molecule has 1 aromatic rings. The number of alkyl halides is 2.